The van der Waals surface area contributed by atoms with E-state index in [-0.39, 0.29) is 0 Å². The molecule has 3 aromatic heterocycles. The van der Waals surface area contributed by atoms with Gasteiger partial charge in [-0.2, -0.15) is 10.2 Å². The van der Waals surface area contributed by atoms with Crippen LogP contribution >= 0.6 is 11.3 Å². The third kappa shape index (κ3) is 6.46. The highest BCUT2D eigenvalue weighted by molar-refractivity contribution is 7.16. The summed E-state index contributed by atoms with van der Waals surface area (Å²) in [6, 6.07) is 2.64. The summed E-state index contributed by atoms with van der Waals surface area (Å²) < 4.78 is 18.5. The Bertz CT molecular complexity index is 1450. The van der Waals surface area contributed by atoms with E-state index in [9.17, 15) is 5.26 Å². The topological polar surface area (TPSA) is 127 Å². The van der Waals surface area contributed by atoms with Crippen molar-refractivity contribution in [3.63, 3.8) is 0 Å². The highest BCUT2D eigenvalue weighted by atomic mass is 32.1. The summed E-state index contributed by atoms with van der Waals surface area (Å²) in [5.41, 5.74) is 9.02. The predicted octanol–water partition coefficient (Wildman–Crippen LogP) is 6.33. The number of aryl methyl sites for hydroxylation is 1. The molecule has 232 valence electrons. The number of piperidine rings is 1. The lowest BCUT2D eigenvalue weighted by atomic mass is 9.98. The molecule has 11 heteroatoms. The van der Waals surface area contributed by atoms with Gasteiger partial charge in [0.1, 0.15) is 17.7 Å². The van der Waals surface area contributed by atoms with E-state index >= 15 is 0 Å². The minimum atomic E-state index is 0.325. The highest BCUT2D eigenvalue weighted by Crippen LogP contribution is 2.44. The molecule has 2 N–H and O–H groups in total. The van der Waals surface area contributed by atoms with E-state index < -0.39 is 0 Å². The maximum atomic E-state index is 10.0. The van der Waals surface area contributed by atoms with Crippen LogP contribution in [0.2, 0.25) is 0 Å². The first kappa shape index (κ1) is 31.1. The summed E-state index contributed by atoms with van der Waals surface area (Å²) in [4.78, 5) is 15.7. The van der Waals surface area contributed by atoms with Crippen molar-refractivity contribution in [2.75, 3.05) is 51.0 Å². The number of nitrogen functional groups attached to an aromatic ring is 1. The fourth-order valence-electron chi connectivity index (χ4n) is 6.28. The molecule has 0 aliphatic carbocycles. The van der Waals surface area contributed by atoms with E-state index in [4.69, 9.17) is 29.7 Å². The summed E-state index contributed by atoms with van der Waals surface area (Å²) in [5.74, 6) is 3.29. The third-order valence-corrected chi connectivity index (χ3v) is 9.74. The molecule has 43 heavy (non-hydrogen) atoms. The van der Waals surface area contributed by atoms with Crippen LogP contribution in [-0.2, 0) is 12.8 Å². The number of anilines is 2. The fraction of sp³-hybridized carbons (Fsp3) is 0.625. The molecule has 2 saturated heterocycles. The van der Waals surface area contributed by atoms with Crippen LogP contribution in [0.5, 0.6) is 11.6 Å². The second kappa shape index (κ2) is 14.0. The van der Waals surface area contributed by atoms with Crippen LogP contribution in [-0.4, -0.2) is 66.5 Å². The highest BCUT2D eigenvalue weighted by Gasteiger charge is 2.31. The van der Waals surface area contributed by atoms with Gasteiger partial charge in [0, 0.05) is 29.6 Å². The van der Waals surface area contributed by atoms with Crippen LogP contribution in [0.1, 0.15) is 81.7 Å². The molecule has 0 radical (unpaired) electrons. The van der Waals surface area contributed by atoms with Crippen molar-refractivity contribution in [2.24, 2.45) is 5.92 Å². The maximum absolute atomic E-state index is 10.0. The lowest BCUT2D eigenvalue weighted by Gasteiger charge is -2.33. The fourth-order valence-corrected chi connectivity index (χ4v) is 7.40. The van der Waals surface area contributed by atoms with Crippen molar-refractivity contribution in [1.29, 1.82) is 5.26 Å². The van der Waals surface area contributed by atoms with Gasteiger partial charge in [-0.25, -0.2) is 4.98 Å². The lowest BCUT2D eigenvalue weighted by molar-refractivity contribution is 0.187. The number of hydrogen-bond acceptors (Lipinski definition) is 11. The third-order valence-electron chi connectivity index (χ3n) is 8.67. The van der Waals surface area contributed by atoms with Crippen molar-refractivity contribution >= 4 is 22.2 Å². The molecular weight excluding hydrogens is 562 g/mol. The van der Waals surface area contributed by atoms with Gasteiger partial charge < -0.3 is 29.5 Å². The van der Waals surface area contributed by atoms with Gasteiger partial charge >= 0.3 is 0 Å². The molecule has 2 unspecified atom stereocenters. The zero-order valence-corrected chi connectivity index (χ0v) is 27.1. The number of ether oxygens (including phenoxy) is 2. The maximum Gasteiger partial charge on any atom is 0.263 e. The molecule has 2 atom stereocenters. The van der Waals surface area contributed by atoms with Gasteiger partial charge in [0.2, 0.25) is 5.75 Å². The monoisotopic (exact) mass is 607 g/mol. The molecule has 5 heterocycles. The van der Waals surface area contributed by atoms with Gasteiger partial charge in [0.05, 0.1) is 18.2 Å². The Balaban J connectivity index is 1.65. The minimum Gasteiger partial charge on any atom is -0.489 e. The molecule has 0 amide bonds. The molecule has 2 aliphatic heterocycles. The number of likely N-dealkylation sites (N-methyl/N-ethyl adjacent to an activating group) is 1. The molecule has 2 fully saturated rings. The standard InChI is InChI=1S/C32H45N7O3S/c1-6-8-14-22-26(37-42-27(22)25-23(17-33)29(34)43-24(25)11-7-2)30-35-31(39-16-9-12-20(3)18-39)28(40-5)32(36-30)41-19-21-13-10-15-38(21)4/h20-21H,6-16,18-19,34H2,1-5H3. The molecule has 3 aromatic rings. The molecule has 10 nitrogen and oxygen atoms in total. The summed E-state index contributed by atoms with van der Waals surface area (Å²) in [5, 5.41) is 15.1. The van der Waals surface area contributed by atoms with Crippen molar-refractivity contribution in [3.8, 4) is 40.5 Å². The minimum absolute atomic E-state index is 0.325. The smallest absolute Gasteiger partial charge is 0.263 e. The van der Waals surface area contributed by atoms with Crippen LogP contribution in [0.15, 0.2) is 4.52 Å². The Labute approximate surface area is 259 Å². The number of hydrogen-bond donors (Lipinski definition) is 1. The Kier molecular flexibility index (Phi) is 10.1. The van der Waals surface area contributed by atoms with Gasteiger partial charge in [-0.15, -0.1) is 11.3 Å². The number of nitrogens with two attached hydrogens (primary N) is 1. The Morgan fingerprint density at radius 1 is 1.14 bits per heavy atom. The van der Waals surface area contributed by atoms with Crippen LogP contribution < -0.4 is 20.1 Å². The number of likely N-dealkylation sites (tertiary alicyclic amines) is 1. The number of rotatable bonds is 12. The van der Waals surface area contributed by atoms with Gasteiger partial charge in [-0.3, -0.25) is 0 Å². The summed E-state index contributed by atoms with van der Waals surface area (Å²) in [6.45, 7) is 9.90. The second-order valence-electron chi connectivity index (χ2n) is 11.9. The summed E-state index contributed by atoms with van der Waals surface area (Å²) in [7, 11) is 3.80. The SMILES string of the molecule is CCCCc1c(-c2nc(OCC3CCCN3C)c(OC)c(N3CCCC(C)C3)n2)noc1-c1c(CCC)sc(N)c1C#N. The molecule has 0 spiro atoms. The van der Waals surface area contributed by atoms with E-state index in [1.54, 1.807) is 7.11 Å². The van der Waals surface area contributed by atoms with E-state index in [2.05, 4.69) is 48.8 Å². The zero-order chi connectivity index (χ0) is 30.5. The number of nitrogens with zero attached hydrogens (tertiary/aromatic N) is 6. The van der Waals surface area contributed by atoms with Crippen LogP contribution in [0, 0.1) is 17.2 Å². The van der Waals surface area contributed by atoms with E-state index in [0.29, 0.717) is 64.5 Å². The van der Waals surface area contributed by atoms with Crippen molar-refractivity contribution in [3.05, 3.63) is 16.0 Å². The molecule has 0 aromatic carbocycles. The van der Waals surface area contributed by atoms with Gasteiger partial charge in [-0.1, -0.05) is 38.8 Å². The van der Waals surface area contributed by atoms with Crippen molar-refractivity contribution in [2.45, 2.75) is 84.6 Å². The van der Waals surface area contributed by atoms with Crippen molar-refractivity contribution in [1.82, 2.24) is 20.0 Å². The van der Waals surface area contributed by atoms with Crippen LogP contribution in [0.4, 0.5) is 10.8 Å². The first-order chi connectivity index (χ1) is 20.9. The Morgan fingerprint density at radius 2 is 1.95 bits per heavy atom. The van der Waals surface area contributed by atoms with Crippen LogP contribution in [0.25, 0.3) is 22.8 Å². The molecule has 0 bridgehead atoms. The van der Waals surface area contributed by atoms with E-state index in [0.717, 1.165) is 86.4 Å². The summed E-state index contributed by atoms with van der Waals surface area (Å²) in [6.07, 6.45) is 8.89. The van der Waals surface area contributed by atoms with E-state index in [1.807, 2.05) is 0 Å². The number of nitriles is 1. The molecule has 0 saturated carbocycles. The van der Waals surface area contributed by atoms with Crippen molar-refractivity contribution < 1.29 is 14.0 Å². The zero-order valence-electron chi connectivity index (χ0n) is 26.2. The quantitative estimate of drug-likeness (QED) is 0.250. The number of thiophene rings is 1. The van der Waals surface area contributed by atoms with Gasteiger partial charge in [0.25, 0.3) is 5.88 Å². The van der Waals surface area contributed by atoms with Gasteiger partial charge in [-0.05, 0) is 64.5 Å². The Morgan fingerprint density at radius 3 is 2.63 bits per heavy atom. The molecular formula is C32H45N7O3S. The number of aromatic nitrogens is 3. The Hall–Kier alpha value is -3.36. The number of unbranched alkanes of at least 4 members (excludes halogenated alkanes) is 1. The van der Waals surface area contributed by atoms with E-state index in [1.165, 1.54) is 17.8 Å². The predicted molar refractivity (Wildman–Crippen MR) is 171 cm³/mol. The number of methoxy groups -OCH3 is 1. The first-order valence-corrected chi connectivity index (χ1v) is 16.6. The second-order valence-corrected chi connectivity index (χ2v) is 13.1. The first-order valence-electron chi connectivity index (χ1n) is 15.7. The average Bonchev–Trinajstić information content (AvgIpc) is 3.70. The molecule has 2 aliphatic rings. The van der Waals surface area contributed by atoms with Gasteiger partial charge in [0.15, 0.2) is 23.1 Å². The largest absolute Gasteiger partial charge is 0.489 e. The molecule has 5 rings (SSSR count). The normalized spacial score (nSPS) is 19.1. The summed E-state index contributed by atoms with van der Waals surface area (Å²) >= 11 is 1.46. The lowest BCUT2D eigenvalue weighted by Crippen LogP contribution is -2.35. The average molecular weight is 608 g/mol. The van der Waals surface area contributed by atoms with Crippen LogP contribution in [0.3, 0.4) is 0 Å².